The van der Waals surface area contributed by atoms with Crippen molar-refractivity contribution >= 4 is 44.5 Å². The molecular formula is C13H13BrN2OS. The third-order valence-corrected chi connectivity index (χ3v) is 4.21. The van der Waals surface area contributed by atoms with Crippen molar-refractivity contribution in [3.8, 4) is 0 Å². The molecule has 0 bridgehead atoms. The Kier molecular flexibility index (Phi) is 3.73. The van der Waals surface area contributed by atoms with Crippen molar-refractivity contribution in [2.45, 2.75) is 6.92 Å². The maximum absolute atomic E-state index is 12.3. The molecule has 5 heteroatoms. The maximum Gasteiger partial charge on any atom is 0.268 e. The Morgan fingerprint density at radius 2 is 2.11 bits per heavy atom. The molecule has 0 fully saturated rings. The highest BCUT2D eigenvalue weighted by atomic mass is 79.9. The lowest BCUT2D eigenvalue weighted by Gasteiger charge is -2.19. The van der Waals surface area contributed by atoms with E-state index in [9.17, 15) is 4.79 Å². The lowest BCUT2D eigenvalue weighted by atomic mass is 10.2. The number of aryl methyl sites for hydroxylation is 1. The summed E-state index contributed by atoms with van der Waals surface area (Å²) in [6.45, 7) is 1.93. The fourth-order valence-corrected chi connectivity index (χ4v) is 2.96. The highest BCUT2D eigenvalue weighted by molar-refractivity contribution is 9.10. The van der Waals surface area contributed by atoms with Crippen molar-refractivity contribution in [3.05, 3.63) is 44.6 Å². The second kappa shape index (κ2) is 5.12. The minimum Gasteiger partial charge on any atom is -0.397 e. The third kappa shape index (κ3) is 2.42. The van der Waals surface area contributed by atoms with E-state index in [1.165, 1.54) is 11.3 Å². The molecule has 0 unspecified atom stereocenters. The summed E-state index contributed by atoms with van der Waals surface area (Å²) >= 11 is 4.80. The summed E-state index contributed by atoms with van der Waals surface area (Å²) in [6.07, 6.45) is 0. The van der Waals surface area contributed by atoms with Gasteiger partial charge >= 0.3 is 0 Å². The zero-order valence-corrected chi connectivity index (χ0v) is 12.5. The molecule has 0 atom stereocenters. The molecule has 18 heavy (non-hydrogen) atoms. The maximum atomic E-state index is 12.3. The van der Waals surface area contributed by atoms with E-state index in [4.69, 9.17) is 5.73 Å². The lowest BCUT2D eigenvalue weighted by Crippen LogP contribution is -2.26. The van der Waals surface area contributed by atoms with Gasteiger partial charge in [-0.3, -0.25) is 4.79 Å². The van der Waals surface area contributed by atoms with Crippen LogP contribution in [0, 0.1) is 6.92 Å². The van der Waals surface area contributed by atoms with Crippen molar-refractivity contribution in [2.75, 3.05) is 17.7 Å². The Morgan fingerprint density at radius 1 is 1.39 bits per heavy atom. The van der Waals surface area contributed by atoms with E-state index in [-0.39, 0.29) is 5.91 Å². The number of amides is 1. The number of nitrogens with zero attached hydrogens (tertiary/aromatic N) is 1. The van der Waals surface area contributed by atoms with Crippen molar-refractivity contribution in [2.24, 2.45) is 0 Å². The van der Waals surface area contributed by atoms with Crippen LogP contribution in [0.4, 0.5) is 11.4 Å². The number of halogens is 1. The monoisotopic (exact) mass is 324 g/mol. The predicted molar refractivity (Wildman–Crippen MR) is 80.3 cm³/mol. The summed E-state index contributed by atoms with van der Waals surface area (Å²) in [5.74, 6) is -0.0310. The van der Waals surface area contributed by atoms with Gasteiger partial charge in [0.1, 0.15) is 0 Å². The Balaban J connectivity index is 2.34. The van der Waals surface area contributed by atoms with Gasteiger partial charge in [-0.25, -0.2) is 0 Å². The van der Waals surface area contributed by atoms with Gasteiger partial charge in [-0.05, 0) is 42.1 Å². The van der Waals surface area contributed by atoms with Crippen LogP contribution in [0.25, 0.3) is 0 Å². The minimum atomic E-state index is -0.0310. The van der Waals surface area contributed by atoms with Crippen LogP contribution in [0.3, 0.4) is 0 Å². The van der Waals surface area contributed by atoms with Crippen molar-refractivity contribution in [1.82, 2.24) is 0 Å². The average Bonchev–Trinajstić information content (AvgIpc) is 2.74. The number of nitrogens with two attached hydrogens (primary N) is 1. The summed E-state index contributed by atoms with van der Waals surface area (Å²) in [4.78, 5) is 14.7. The van der Waals surface area contributed by atoms with Gasteiger partial charge in [0, 0.05) is 11.5 Å². The van der Waals surface area contributed by atoms with Crippen LogP contribution in [-0.2, 0) is 0 Å². The lowest BCUT2D eigenvalue weighted by molar-refractivity contribution is 0.0996. The van der Waals surface area contributed by atoms with E-state index < -0.39 is 0 Å². The molecule has 0 aliphatic carbocycles. The van der Waals surface area contributed by atoms with E-state index in [0.717, 1.165) is 20.6 Å². The molecule has 0 radical (unpaired) electrons. The molecule has 0 aliphatic heterocycles. The van der Waals surface area contributed by atoms with Crippen LogP contribution >= 0.6 is 27.3 Å². The summed E-state index contributed by atoms with van der Waals surface area (Å²) < 4.78 is 0.900. The van der Waals surface area contributed by atoms with E-state index in [1.807, 2.05) is 30.5 Å². The zero-order chi connectivity index (χ0) is 13.3. The van der Waals surface area contributed by atoms with Crippen LogP contribution in [0.5, 0.6) is 0 Å². The Morgan fingerprint density at radius 3 is 2.67 bits per heavy atom. The van der Waals surface area contributed by atoms with Crippen molar-refractivity contribution in [1.29, 1.82) is 0 Å². The number of benzene rings is 1. The number of rotatable bonds is 2. The molecule has 3 nitrogen and oxygen atoms in total. The van der Waals surface area contributed by atoms with E-state index in [0.29, 0.717) is 5.69 Å². The molecule has 1 aromatic heterocycles. The fraction of sp³-hybridized carbons (Fsp3) is 0.154. The first kappa shape index (κ1) is 13.1. The molecular weight excluding hydrogens is 312 g/mol. The van der Waals surface area contributed by atoms with Gasteiger partial charge in [0.05, 0.1) is 16.3 Å². The second-order valence-electron chi connectivity index (χ2n) is 4.00. The van der Waals surface area contributed by atoms with Gasteiger partial charge in [-0.1, -0.05) is 15.9 Å². The van der Waals surface area contributed by atoms with E-state index >= 15 is 0 Å². The quantitative estimate of drug-likeness (QED) is 0.856. The van der Waals surface area contributed by atoms with Gasteiger partial charge in [0.25, 0.3) is 5.91 Å². The van der Waals surface area contributed by atoms with Crippen LogP contribution in [0.2, 0.25) is 0 Å². The molecule has 2 rings (SSSR count). The molecule has 94 valence electrons. The number of nitrogen functional groups attached to an aromatic ring is 1. The first-order valence-corrected chi connectivity index (χ1v) is 7.05. The Labute approximate surface area is 118 Å². The minimum absolute atomic E-state index is 0.0310. The summed E-state index contributed by atoms with van der Waals surface area (Å²) in [5.41, 5.74) is 8.22. The van der Waals surface area contributed by atoms with Gasteiger partial charge in [0.2, 0.25) is 0 Å². The topological polar surface area (TPSA) is 46.3 Å². The first-order valence-electron chi connectivity index (χ1n) is 5.38. The van der Waals surface area contributed by atoms with Gasteiger partial charge in [0.15, 0.2) is 0 Å². The average molecular weight is 325 g/mol. The molecule has 0 aliphatic rings. The molecule has 0 spiro atoms. The SMILES string of the molecule is Cc1ccsc1C(=O)N(C)c1ccc(Br)cc1N. The Hall–Kier alpha value is -1.33. The van der Waals surface area contributed by atoms with Crippen LogP contribution in [0.1, 0.15) is 15.2 Å². The smallest absolute Gasteiger partial charge is 0.268 e. The molecule has 2 aromatic rings. The number of carbonyl (C=O) groups excluding carboxylic acids is 1. The standard InChI is InChI=1S/C13H13BrN2OS/c1-8-5-6-18-12(8)13(17)16(2)11-4-3-9(14)7-10(11)15/h3-7H,15H2,1-2H3. The van der Waals surface area contributed by atoms with Crippen molar-refractivity contribution in [3.63, 3.8) is 0 Å². The van der Waals surface area contributed by atoms with E-state index in [1.54, 1.807) is 18.0 Å². The number of hydrogen-bond donors (Lipinski definition) is 1. The largest absolute Gasteiger partial charge is 0.397 e. The zero-order valence-electron chi connectivity index (χ0n) is 10.1. The normalized spacial score (nSPS) is 10.4. The van der Waals surface area contributed by atoms with Crippen LogP contribution in [0.15, 0.2) is 34.1 Å². The molecule has 2 N–H and O–H groups in total. The van der Waals surface area contributed by atoms with Gasteiger partial charge in [-0.2, -0.15) is 0 Å². The number of hydrogen-bond acceptors (Lipinski definition) is 3. The number of thiophene rings is 1. The highest BCUT2D eigenvalue weighted by Gasteiger charge is 2.18. The molecule has 1 heterocycles. The summed E-state index contributed by atoms with van der Waals surface area (Å²) in [5, 5.41) is 1.92. The fourth-order valence-electron chi connectivity index (χ4n) is 1.68. The van der Waals surface area contributed by atoms with Crippen LogP contribution < -0.4 is 10.6 Å². The summed E-state index contributed by atoms with van der Waals surface area (Å²) in [7, 11) is 1.74. The number of anilines is 2. The molecule has 0 saturated heterocycles. The highest BCUT2D eigenvalue weighted by Crippen LogP contribution is 2.28. The third-order valence-electron chi connectivity index (χ3n) is 2.71. The molecule has 0 saturated carbocycles. The van der Waals surface area contributed by atoms with E-state index in [2.05, 4.69) is 15.9 Å². The molecule has 1 aromatic carbocycles. The van der Waals surface area contributed by atoms with Gasteiger partial charge < -0.3 is 10.6 Å². The van der Waals surface area contributed by atoms with Crippen molar-refractivity contribution < 1.29 is 4.79 Å². The van der Waals surface area contributed by atoms with Gasteiger partial charge in [-0.15, -0.1) is 11.3 Å². The van der Waals surface area contributed by atoms with Crippen LogP contribution in [-0.4, -0.2) is 13.0 Å². The predicted octanol–water partition coefficient (Wildman–Crippen LogP) is 3.68. The second-order valence-corrected chi connectivity index (χ2v) is 5.83. The summed E-state index contributed by atoms with van der Waals surface area (Å²) in [6, 6.07) is 7.44. The number of carbonyl (C=O) groups is 1. The molecule has 1 amide bonds. The first-order chi connectivity index (χ1) is 8.50. The Bertz CT molecular complexity index is 594.